The maximum atomic E-state index is 5.93. The molecular weight excluding hydrogens is 174 g/mol. The summed E-state index contributed by atoms with van der Waals surface area (Å²) < 4.78 is 0. The van der Waals surface area contributed by atoms with E-state index in [1.165, 1.54) is 5.56 Å². The van der Waals surface area contributed by atoms with Gasteiger partial charge in [-0.25, -0.2) is 0 Å². The van der Waals surface area contributed by atoms with Crippen LogP contribution in [-0.2, 0) is 6.42 Å². The first-order valence-corrected chi connectivity index (χ1v) is 5.06. The molecule has 76 valence electrons. The molecule has 0 unspecified atom stereocenters. The van der Waals surface area contributed by atoms with Gasteiger partial charge in [0.05, 0.1) is 0 Å². The van der Waals surface area contributed by atoms with Crippen molar-refractivity contribution >= 4 is 0 Å². The predicted molar refractivity (Wildman–Crippen MR) is 57.0 cm³/mol. The molecule has 1 saturated heterocycles. The van der Waals surface area contributed by atoms with E-state index in [0.717, 1.165) is 26.1 Å². The second kappa shape index (κ2) is 3.67. The van der Waals surface area contributed by atoms with Gasteiger partial charge in [-0.2, -0.15) is 0 Å². The Labute approximate surface area is 84.9 Å². The zero-order valence-corrected chi connectivity index (χ0v) is 8.61. The first-order chi connectivity index (χ1) is 6.66. The Balaban J connectivity index is 1.75. The van der Waals surface area contributed by atoms with Gasteiger partial charge < -0.3 is 5.73 Å². The van der Waals surface area contributed by atoms with Crippen molar-refractivity contribution in [2.75, 3.05) is 19.6 Å². The average molecular weight is 191 g/mol. The summed E-state index contributed by atoms with van der Waals surface area (Å²) in [5.41, 5.74) is 7.34. The second-order valence-electron chi connectivity index (χ2n) is 4.47. The Bertz CT molecular complexity index is 287. The molecule has 0 aliphatic carbocycles. The molecule has 2 heterocycles. The average Bonchev–Trinajstić information content (AvgIpc) is 2.13. The lowest BCUT2D eigenvalue weighted by atomic mass is 9.93. The van der Waals surface area contributed by atoms with E-state index in [1.807, 2.05) is 12.4 Å². The monoisotopic (exact) mass is 191 g/mol. The number of aromatic nitrogens is 1. The van der Waals surface area contributed by atoms with Crippen molar-refractivity contribution in [2.24, 2.45) is 5.73 Å². The lowest BCUT2D eigenvalue weighted by Crippen LogP contribution is -2.65. The minimum atomic E-state index is 0.0538. The molecule has 0 saturated carbocycles. The van der Waals surface area contributed by atoms with Crippen molar-refractivity contribution in [3.63, 3.8) is 0 Å². The lowest BCUT2D eigenvalue weighted by molar-refractivity contribution is 0.0855. The summed E-state index contributed by atoms with van der Waals surface area (Å²) in [6.07, 6.45) is 4.79. The van der Waals surface area contributed by atoms with Crippen LogP contribution in [0.5, 0.6) is 0 Å². The molecule has 1 fully saturated rings. The number of nitrogens with two attached hydrogens (primary N) is 1. The summed E-state index contributed by atoms with van der Waals surface area (Å²) >= 11 is 0. The van der Waals surface area contributed by atoms with E-state index >= 15 is 0 Å². The fourth-order valence-electron chi connectivity index (χ4n) is 1.97. The molecule has 0 bridgehead atoms. The van der Waals surface area contributed by atoms with E-state index in [-0.39, 0.29) is 5.54 Å². The van der Waals surface area contributed by atoms with Crippen LogP contribution in [0.2, 0.25) is 0 Å². The van der Waals surface area contributed by atoms with Gasteiger partial charge in [0, 0.05) is 37.6 Å². The van der Waals surface area contributed by atoms with E-state index in [4.69, 9.17) is 5.73 Å². The molecule has 1 aromatic rings. The van der Waals surface area contributed by atoms with Crippen LogP contribution in [0.15, 0.2) is 24.5 Å². The van der Waals surface area contributed by atoms with Gasteiger partial charge in [0.1, 0.15) is 0 Å². The third-order valence-corrected chi connectivity index (χ3v) is 2.64. The normalized spacial score (nSPS) is 20.4. The quantitative estimate of drug-likeness (QED) is 0.763. The molecule has 14 heavy (non-hydrogen) atoms. The number of nitrogens with zero attached hydrogens (tertiary/aromatic N) is 2. The van der Waals surface area contributed by atoms with Crippen LogP contribution in [0.3, 0.4) is 0 Å². The number of hydrogen-bond acceptors (Lipinski definition) is 3. The Hall–Kier alpha value is -0.930. The summed E-state index contributed by atoms with van der Waals surface area (Å²) in [7, 11) is 0. The number of likely N-dealkylation sites (tertiary alicyclic amines) is 1. The van der Waals surface area contributed by atoms with E-state index in [1.54, 1.807) is 0 Å². The summed E-state index contributed by atoms with van der Waals surface area (Å²) in [5, 5.41) is 0. The van der Waals surface area contributed by atoms with Crippen LogP contribution in [-0.4, -0.2) is 35.1 Å². The molecule has 0 amide bonds. The largest absolute Gasteiger partial charge is 0.323 e. The van der Waals surface area contributed by atoms with Gasteiger partial charge >= 0.3 is 0 Å². The number of hydrogen-bond donors (Lipinski definition) is 1. The molecule has 0 spiro atoms. The predicted octanol–water partition coefficient (Wildman–Crippen LogP) is 0.657. The Morgan fingerprint density at radius 3 is 2.64 bits per heavy atom. The van der Waals surface area contributed by atoms with Gasteiger partial charge in [0.25, 0.3) is 0 Å². The summed E-state index contributed by atoms with van der Waals surface area (Å²) in [5.74, 6) is 0. The highest BCUT2D eigenvalue weighted by atomic mass is 15.2. The molecule has 1 aliphatic heterocycles. The molecular formula is C11H17N3. The molecule has 0 aromatic carbocycles. The molecule has 3 heteroatoms. The van der Waals surface area contributed by atoms with E-state index < -0.39 is 0 Å². The van der Waals surface area contributed by atoms with Crippen molar-refractivity contribution in [3.8, 4) is 0 Å². The highest BCUT2D eigenvalue weighted by molar-refractivity contribution is 5.10. The van der Waals surface area contributed by atoms with Crippen molar-refractivity contribution in [2.45, 2.75) is 18.9 Å². The first-order valence-electron chi connectivity index (χ1n) is 5.06. The van der Waals surface area contributed by atoms with Crippen LogP contribution in [0.1, 0.15) is 12.5 Å². The van der Waals surface area contributed by atoms with Crippen molar-refractivity contribution in [3.05, 3.63) is 30.1 Å². The highest BCUT2D eigenvalue weighted by Crippen LogP contribution is 2.17. The van der Waals surface area contributed by atoms with Gasteiger partial charge in [-0.15, -0.1) is 0 Å². The van der Waals surface area contributed by atoms with Gasteiger partial charge in [-0.3, -0.25) is 9.88 Å². The molecule has 3 nitrogen and oxygen atoms in total. The number of rotatable bonds is 3. The second-order valence-corrected chi connectivity index (χ2v) is 4.47. The van der Waals surface area contributed by atoms with Gasteiger partial charge in [-0.1, -0.05) is 0 Å². The Kier molecular flexibility index (Phi) is 2.52. The molecule has 0 radical (unpaired) electrons. The van der Waals surface area contributed by atoms with Gasteiger partial charge in [0.15, 0.2) is 0 Å². The molecule has 2 rings (SSSR count). The maximum Gasteiger partial charge on any atom is 0.0383 e. The molecule has 2 N–H and O–H groups in total. The zero-order chi connectivity index (χ0) is 10.0. The van der Waals surface area contributed by atoms with Gasteiger partial charge in [0.2, 0.25) is 0 Å². The van der Waals surface area contributed by atoms with Crippen LogP contribution in [0.25, 0.3) is 0 Å². The van der Waals surface area contributed by atoms with Crippen LogP contribution in [0.4, 0.5) is 0 Å². The Morgan fingerprint density at radius 2 is 2.07 bits per heavy atom. The lowest BCUT2D eigenvalue weighted by Gasteiger charge is -2.45. The fraction of sp³-hybridized carbons (Fsp3) is 0.545. The summed E-state index contributed by atoms with van der Waals surface area (Å²) in [6.45, 7) is 5.27. The smallest absolute Gasteiger partial charge is 0.0383 e. The SMILES string of the molecule is CC1(N)CN(CCc2ccncc2)C1. The third-order valence-electron chi connectivity index (χ3n) is 2.64. The zero-order valence-electron chi connectivity index (χ0n) is 8.61. The maximum absolute atomic E-state index is 5.93. The van der Waals surface area contributed by atoms with E-state index in [9.17, 15) is 0 Å². The summed E-state index contributed by atoms with van der Waals surface area (Å²) in [4.78, 5) is 6.39. The topological polar surface area (TPSA) is 42.1 Å². The fourth-order valence-corrected chi connectivity index (χ4v) is 1.97. The molecule has 1 aliphatic rings. The van der Waals surface area contributed by atoms with E-state index in [0.29, 0.717) is 0 Å². The van der Waals surface area contributed by atoms with Crippen molar-refractivity contribution in [1.29, 1.82) is 0 Å². The minimum Gasteiger partial charge on any atom is -0.323 e. The third kappa shape index (κ3) is 2.30. The number of pyridine rings is 1. The van der Waals surface area contributed by atoms with Crippen LogP contribution >= 0.6 is 0 Å². The highest BCUT2D eigenvalue weighted by Gasteiger charge is 2.33. The standard InChI is InChI=1S/C11H17N3/c1-11(12)8-14(9-11)7-4-10-2-5-13-6-3-10/h2-3,5-6H,4,7-9,12H2,1H3. The summed E-state index contributed by atoms with van der Waals surface area (Å²) in [6, 6.07) is 4.14. The minimum absolute atomic E-state index is 0.0538. The molecule has 1 aromatic heterocycles. The van der Waals surface area contributed by atoms with Crippen LogP contribution in [0, 0.1) is 0 Å². The molecule has 0 atom stereocenters. The van der Waals surface area contributed by atoms with Gasteiger partial charge in [-0.05, 0) is 31.0 Å². The van der Waals surface area contributed by atoms with E-state index in [2.05, 4.69) is 28.9 Å². The first kappa shape index (κ1) is 9.62. The van der Waals surface area contributed by atoms with Crippen molar-refractivity contribution in [1.82, 2.24) is 9.88 Å². The Morgan fingerprint density at radius 1 is 1.43 bits per heavy atom. The van der Waals surface area contributed by atoms with Crippen LogP contribution < -0.4 is 5.73 Å². The van der Waals surface area contributed by atoms with Crippen molar-refractivity contribution < 1.29 is 0 Å².